The van der Waals surface area contributed by atoms with E-state index in [1.165, 1.54) is 11.3 Å². The Morgan fingerprint density at radius 1 is 1.11 bits per heavy atom. The average Bonchev–Trinajstić information content (AvgIpc) is 2.79. The van der Waals surface area contributed by atoms with Gasteiger partial charge in [-0.1, -0.05) is 41.7 Å². The van der Waals surface area contributed by atoms with Crippen molar-refractivity contribution in [3.05, 3.63) is 54.1 Å². The van der Waals surface area contributed by atoms with Crippen LogP contribution in [-0.2, 0) is 6.61 Å². The molecule has 0 aliphatic rings. The highest BCUT2D eigenvalue weighted by molar-refractivity contribution is 7.20. The monoisotopic (exact) mass is 256 g/mol. The summed E-state index contributed by atoms with van der Waals surface area (Å²) in [6.07, 6.45) is 0. The van der Waals surface area contributed by atoms with E-state index in [0.29, 0.717) is 11.8 Å². The molecule has 4 heteroatoms. The molecule has 2 aromatic carbocycles. The zero-order chi connectivity index (χ0) is 12.4. The first-order chi connectivity index (χ1) is 8.81. The summed E-state index contributed by atoms with van der Waals surface area (Å²) in [5, 5.41) is 0.680. The number of rotatable bonds is 3. The topological polar surface area (TPSA) is 48.1 Å². The summed E-state index contributed by atoms with van der Waals surface area (Å²) < 4.78 is 6.77. The first kappa shape index (κ1) is 11.0. The van der Waals surface area contributed by atoms with Crippen molar-refractivity contribution < 1.29 is 4.74 Å². The van der Waals surface area contributed by atoms with Crippen LogP contribution in [0.1, 0.15) is 5.56 Å². The zero-order valence-electron chi connectivity index (χ0n) is 9.67. The molecule has 0 amide bonds. The Bertz CT molecular complexity index is 664. The molecule has 1 heterocycles. The van der Waals surface area contributed by atoms with Gasteiger partial charge in [0.1, 0.15) is 6.61 Å². The number of thiazole rings is 1. The van der Waals surface area contributed by atoms with Crippen LogP contribution >= 0.6 is 11.3 Å². The van der Waals surface area contributed by atoms with Crippen LogP contribution in [0, 0.1) is 0 Å². The van der Waals surface area contributed by atoms with Gasteiger partial charge in [0.25, 0.3) is 5.19 Å². The van der Waals surface area contributed by atoms with Gasteiger partial charge in [-0.2, -0.15) is 0 Å². The molecule has 0 aliphatic heterocycles. The molecule has 0 radical (unpaired) electrons. The molecule has 2 N–H and O–H groups in total. The van der Waals surface area contributed by atoms with Gasteiger partial charge in [0.15, 0.2) is 0 Å². The van der Waals surface area contributed by atoms with Crippen molar-refractivity contribution in [2.45, 2.75) is 6.61 Å². The summed E-state index contributed by atoms with van der Waals surface area (Å²) in [5.74, 6) is 0. The van der Waals surface area contributed by atoms with Crippen molar-refractivity contribution in [1.82, 2.24) is 4.98 Å². The van der Waals surface area contributed by atoms with E-state index < -0.39 is 0 Å². The van der Waals surface area contributed by atoms with Gasteiger partial charge in [0.2, 0.25) is 0 Å². The Morgan fingerprint density at radius 2 is 1.94 bits per heavy atom. The molecule has 0 spiro atoms. The van der Waals surface area contributed by atoms with Crippen molar-refractivity contribution in [2.75, 3.05) is 5.73 Å². The van der Waals surface area contributed by atoms with Gasteiger partial charge in [0, 0.05) is 5.69 Å². The van der Waals surface area contributed by atoms with Gasteiger partial charge in [-0.25, -0.2) is 4.98 Å². The first-order valence-electron chi connectivity index (χ1n) is 5.64. The number of benzene rings is 2. The molecule has 0 saturated carbocycles. The molecule has 90 valence electrons. The third-order valence-corrected chi connectivity index (χ3v) is 3.55. The smallest absolute Gasteiger partial charge is 0.274 e. The lowest BCUT2D eigenvalue weighted by molar-refractivity contribution is 0.305. The number of nitrogen functional groups attached to an aromatic ring is 1. The molecular weight excluding hydrogens is 244 g/mol. The number of hydrogen-bond acceptors (Lipinski definition) is 4. The molecule has 0 fully saturated rings. The number of anilines is 1. The number of ether oxygens (including phenoxy) is 1. The highest BCUT2D eigenvalue weighted by Crippen LogP contribution is 2.29. The van der Waals surface area contributed by atoms with E-state index in [4.69, 9.17) is 10.5 Å². The van der Waals surface area contributed by atoms with Crippen molar-refractivity contribution in [1.29, 1.82) is 0 Å². The van der Waals surface area contributed by atoms with Crippen LogP contribution in [0.4, 0.5) is 5.69 Å². The predicted octanol–water partition coefficient (Wildman–Crippen LogP) is 3.46. The summed E-state index contributed by atoms with van der Waals surface area (Å²) >= 11 is 1.54. The van der Waals surface area contributed by atoms with Gasteiger partial charge >= 0.3 is 0 Å². The minimum atomic E-state index is 0.538. The van der Waals surface area contributed by atoms with E-state index in [0.717, 1.165) is 21.5 Å². The van der Waals surface area contributed by atoms with Crippen LogP contribution in [0.2, 0.25) is 0 Å². The molecule has 0 unspecified atom stereocenters. The fraction of sp³-hybridized carbons (Fsp3) is 0.0714. The molecule has 0 bridgehead atoms. The van der Waals surface area contributed by atoms with Crippen LogP contribution in [0.3, 0.4) is 0 Å². The molecule has 0 atom stereocenters. The van der Waals surface area contributed by atoms with E-state index in [1.807, 2.05) is 48.5 Å². The van der Waals surface area contributed by atoms with Crippen molar-refractivity contribution in [3.63, 3.8) is 0 Å². The third kappa shape index (κ3) is 2.28. The highest BCUT2D eigenvalue weighted by atomic mass is 32.1. The largest absolute Gasteiger partial charge is 0.465 e. The quantitative estimate of drug-likeness (QED) is 0.730. The molecule has 1 aromatic heterocycles. The van der Waals surface area contributed by atoms with Crippen molar-refractivity contribution in [2.24, 2.45) is 0 Å². The lowest BCUT2D eigenvalue weighted by atomic mass is 10.2. The Kier molecular flexibility index (Phi) is 2.86. The van der Waals surface area contributed by atoms with Crippen LogP contribution in [0.5, 0.6) is 5.19 Å². The van der Waals surface area contributed by atoms with E-state index in [-0.39, 0.29) is 0 Å². The van der Waals surface area contributed by atoms with Gasteiger partial charge in [-0.05, 0) is 23.8 Å². The second-order valence-electron chi connectivity index (χ2n) is 3.98. The molecular formula is C14H12N2OS. The minimum absolute atomic E-state index is 0.538. The Morgan fingerprint density at radius 3 is 2.78 bits per heavy atom. The molecule has 0 saturated heterocycles. The summed E-state index contributed by atoms with van der Waals surface area (Å²) in [5.41, 5.74) is 8.47. The van der Waals surface area contributed by atoms with Crippen LogP contribution < -0.4 is 10.5 Å². The van der Waals surface area contributed by atoms with Crippen LogP contribution in [0.25, 0.3) is 10.2 Å². The highest BCUT2D eigenvalue weighted by Gasteiger charge is 2.05. The van der Waals surface area contributed by atoms with E-state index in [9.17, 15) is 0 Å². The fourth-order valence-electron chi connectivity index (χ4n) is 1.70. The van der Waals surface area contributed by atoms with Crippen molar-refractivity contribution >= 4 is 27.2 Å². The standard InChI is InChI=1S/C14H12N2OS/c15-11-6-7-13-12(8-11)16-14(18-13)17-9-10-4-2-1-3-5-10/h1-8H,9,15H2. The number of nitrogens with two attached hydrogens (primary N) is 1. The molecule has 18 heavy (non-hydrogen) atoms. The van der Waals surface area contributed by atoms with Crippen molar-refractivity contribution in [3.8, 4) is 5.19 Å². The second kappa shape index (κ2) is 4.66. The van der Waals surface area contributed by atoms with Crippen LogP contribution in [-0.4, -0.2) is 4.98 Å². The van der Waals surface area contributed by atoms with E-state index >= 15 is 0 Å². The summed E-state index contributed by atoms with van der Waals surface area (Å²) in [4.78, 5) is 4.40. The maximum atomic E-state index is 5.72. The zero-order valence-corrected chi connectivity index (χ0v) is 10.5. The van der Waals surface area contributed by atoms with Gasteiger partial charge in [-0.15, -0.1) is 0 Å². The van der Waals surface area contributed by atoms with E-state index in [1.54, 1.807) is 0 Å². The lowest BCUT2D eigenvalue weighted by Gasteiger charge is -2.01. The summed E-state index contributed by atoms with van der Waals surface area (Å²) in [7, 11) is 0. The maximum Gasteiger partial charge on any atom is 0.274 e. The number of aromatic nitrogens is 1. The average molecular weight is 256 g/mol. The molecule has 3 nitrogen and oxygen atoms in total. The maximum absolute atomic E-state index is 5.72. The number of hydrogen-bond donors (Lipinski definition) is 1. The number of nitrogens with zero attached hydrogens (tertiary/aromatic N) is 1. The fourth-order valence-corrected chi connectivity index (χ4v) is 2.50. The normalized spacial score (nSPS) is 10.7. The molecule has 3 aromatic rings. The molecule has 0 aliphatic carbocycles. The lowest BCUT2D eigenvalue weighted by Crippen LogP contribution is -1.93. The Hall–Kier alpha value is -2.07. The van der Waals surface area contributed by atoms with Crippen LogP contribution in [0.15, 0.2) is 48.5 Å². The predicted molar refractivity (Wildman–Crippen MR) is 74.8 cm³/mol. The first-order valence-corrected chi connectivity index (χ1v) is 6.46. The molecule has 3 rings (SSSR count). The third-order valence-electron chi connectivity index (χ3n) is 2.60. The van der Waals surface area contributed by atoms with E-state index in [2.05, 4.69) is 4.98 Å². The summed E-state index contributed by atoms with van der Waals surface area (Å²) in [6.45, 7) is 0.538. The number of fused-ring (bicyclic) bond motifs is 1. The van der Waals surface area contributed by atoms with Gasteiger partial charge in [-0.3, -0.25) is 0 Å². The van der Waals surface area contributed by atoms with Gasteiger partial charge < -0.3 is 10.5 Å². The second-order valence-corrected chi connectivity index (χ2v) is 4.97. The Balaban J connectivity index is 1.79. The van der Waals surface area contributed by atoms with Gasteiger partial charge in [0.05, 0.1) is 10.2 Å². The summed E-state index contributed by atoms with van der Waals surface area (Å²) in [6, 6.07) is 15.8. The Labute approximate surface area is 109 Å². The SMILES string of the molecule is Nc1ccc2sc(OCc3ccccc3)nc2c1. The minimum Gasteiger partial charge on any atom is -0.465 e.